The average molecular weight is 258 g/mol. The zero-order valence-electron chi connectivity index (χ0n) is 9.69. The van der Waals surface area contributed by atoms with Gasteiger partial charge in [0.25, 0.3) is 5.91 Å². The fourth-order valence-electron chi connectivity index (χ4n) is 1.05. The van der Waals surface area contributed by atoms with Crippen molar-refractivity contribution in [3.63, 3.8) is 0 Å². The molecule has 0 fully saturated rings. The Labute approximate surface area is 106 Å². The second kappa shape index (κ2) is 5.54. The van der Waals surface area contributed by atoms with Crippen molar-refractivity contribution >= 4 is 29.9 Å². The Balaban J connectivity index is 0.00000256. The summed E-state index contributed by atoms with van der Waals surface area (Å²) in [5.74, 6) is -0.944. The van der Waals surface area contributed by atoms with Gasteiger partial charge in [-0.05, 0) is 38.1 Å². The van der Waals surface area contributed by atoms with Gasteiger partial charge in [-0.15, -0.1) is 12.4 Å². The molecule has 0 unspecified atom stereocenters. The fraction of sp³-hybridized carbons (Fsp3) is 0.273. The maximum Gasteiger partial charge on any atom is 0.252 e. The van der Waals surface area contributed by atoms with E-state index in [1.165, 1.54) is 0 Å². The van der Waals surface area contributed by atoms with Crippen LogP contribution in [0.15, 0.2) is 24.3 Å². The molecule has 5 N–H and O–H groups in total. The SMILES string of the molecule is CC(C)(NC(=O)c1ccc(N)cc1)C(N)=O.Cl. The van der Waals surface area contributed by atoms with Gasteiger partial charge >= 0.3 is 0 Å². The molecule has 0 atom stereocenters. The number of hydrogen-bond acceptors (Lipinski definition) is 3. The van der Waals surface area contributed by atoms with Gasteiger partial charge in [0.15, 0.2) is 0 Å². The van der Waals surface area contributed by atoms with Crippen molar-refractivity contribution < 1.29 is 9.59 Å². The van der Waals surface area contributed by atoms with Gasteiger partial charge in [-0.1, -0.05) is 0 Å². The molecule has 1 rings (SSSR count). The van der Waals surface area contributed by atoms with E-state index >= 15 is 0 Å². The first-order valence-corrected chi connectivity index (χ1v) is 4.81. The number of benzene rings is 1. The van der Waals surface area contributed by atoms with Gasteiger partial charge in [0.2, 0.25) is 5.91 Å². The van der Waals surface area contributed by atoms with E-state index in [-0.39, 0.29) is 18.3 Å². The molecule has 1 aromatic rings. The van der Waals surface area contributed by atoms with E-state index in [9.17, 15) is 9.59 Å². The highest BCUT2D eigenvalue weighted by Gasteiger charge is 2.27. The second-order valence-corrected chi connectivity index (χ2v) is 4.07. The number of amides is 2. The lowest BCUT2D eigenvalue weighted by molar-refractivity contribution is -0.122. The minimum Gasteiger partial charge on any atom is -0.399 e. The molecular formula is C11H16ClN3O2. The van der Waals surface area contributed by atoms with Crippen LogP contribution in [0.25, 0.3) is 0 Å². The van der Waals surface area contributed by atoms with Crippen LogP contribution in [-0.2, 0) is 4.79 Å². The first-order valence-electron chi connectivity index (χ1n) is 4.81. The maximum atomic E-state index is 11.7. The number of halogens is 1. The molecule has 0 radical (unpaired) electrons. The van der Waals surface area contributed by atoms with Crippen LogP contribution in [0.1, 0.15) is 24.2 Å². The summed E-state index contributed by atoms with van der Waals surface area (Å²) in [5, 5.41) is 2.54. The Bertz CT molecular complexity index is 415. The highest BCUT2D eigenvalue weighted by atomic mass is 35.5. The van der Waals surface area contributed by atoms with Gasteiger partial charge in [-0.25, -0.2) is 0 Å². The summed E-state index contributed by atoms with van der Waals surface area (Å²) in [6, 6.07) is 6.40. The number of anilines is 1. The predicted octanol–water partition coefficient (Wildman–Crippen LogP) is 0.684. The monoisotopic (exact) mass is 257 g/mol. The Morgan fingerprint density at radius 1 is 1.18 bits per heavy atom. The van der Waals surface area contributed by atoms with E-state index in [4.69, 9.17) is 11.5 Å². The van der Waals surface area contributed by atoms with Crippen LogP contribution in [0.2, 0.25) is 0 Å². The van der Waals surface area contributed by atoms with E-state index < -0.39 is 11.4 Å². The number of primary amides is 1. The quantitative estimate of drug-likeness (QED) is 0.695. The van der Waals surface area contributed by atoms with Crippen LogP contribution in [0.4, 0.5) is 5.69 Å². The van der Waals surface area contributed by atoms with Crippen LogP contribution in [0.5, 0.6) is 0 Å². The van der Waals surface area contributed by atoms with E-state index in [2.05, 4.69) is 5.32 Å². The Kier molecular flexibility index (Phi) is 4.97. The third kappa shape index (κ3) is 3.96. The smallest absolute Gasteiger partial charge is 0.252 e. The van der Waals surface area contributed by atoms with E-state index in [0.29, 0.717) is 11.3 Å². The molecule has 6 heteroatoms. The zero-order valence-corrected chi connectivity index (χ0v) is 10.5. The highest BCUT2D eigenvalue weighted by Crippen LogP contribution is 2.08. The van der Waals surface area contributed by atoms with Gasteiger partial charge in [0.05, 0.1) is 0 Å². The molecule has 17 heavy (non-hydrogen) atoms. The number of nitrogens with one attached hydrogen (secondary N) is 1. The molecule has 0 heterocycles. The highest BCUT2D eigenvalue weighted by molar-refractivity contribution is 5.98. The summed E-state index contributed by atoms with van der Waals surface area (Å²) in [6.07, 6.45) is 0. The number of nitrogens with two attached hydrogens (primary N) is 2. The molecule has 0 aliphatic heterocycles. The summed E-state index contributed by atoms with van der Waals surface area (Å²) >= 11 is 0. The largest absolute Gasteiger partial charge is 0.399 e. The molecule has 0 aromatic heterocycles. The van der Waals surface area contributed by atoms with Gasteiger partial charge in [-0.2, -0.15) is 0 Å². The lowest BCUT2D eigenvalue weighted by Gasteiger charge is -2.22. The van der Waals surface area contributed by atoms with E-state index in [0.717, 1.165) is 0 Å². The third-order valence-corrected chi connectivity index (χ3v) is 2.21. The summed E-state index contributed by atoms with van der Waals surface area (Å²) in [5.41, 5.74) is 10.6. The van der Waals surface area contributed by atoms with Crippen molar-refractivity contribution in [2.45, 2.75) is 19.4 Å². The van der Waals surface area contributed by atoms with Crippen molar-refractivity contribution in [1.82, 2.24) is 5.32 Å². The average Bonchev–Trinajstić information content (AvgIpc) is 2.17. The molecule has 94 valence electrons. The first-order chi connectivity index (χ1) is 7.33. The Hall–Kier alpha value is -1.75. The summed E-state index contributed by atoms with van der Waals surface area (Å²) in [6.45, 7) is 3.09. The lowest BCUT2D eigenvalue weighted by atomic mass is 10.0. The van der Waals surface area contributed by atoms with E-state index in [1.54, 1.807) is 38.1 Å². The van der Waals surface area contributed by atoms with Gasteiger partial charge in [-0.3, -0.25) is 9.59 Å². The van der Waals surface area contributed by atoms with Crippen molar-refractivity contribution in [1.29, 1.82) is 0 Å². The minimum atomic E-state index is -1.07. The number of nitrogen functional groups attached to an aromatic ring is 1. The Morgan fingerprint density at radius 2 is 1.65 bits per heavy atom. The summed E-state index contributed by atoms with van der Waals surface area (Å²) in [4.78, 5) is 22.7. The number of carbonyl (C=O) groups is 2. The molecule has 0 aliphatic carbocycles. The second-order valence-electron chi connectivity index (χ2n) is 4.07. The van der Waals surface area contributed by atoms with Crippen molar-refractivity contribution in [2.24, 2.45) is 5.73 Å². The maximum absolute atomic E-state index is 11.7. The van der Waals surface area contributed by atoms with Crippen LogP contribution < -0.4 is 16.8 Å². The van der Waals surface area contributed by atoms with Crippen LogP contribution in [0, 0.1) is 0 Å². The molecule has 5 nitrogen and oxygen atoms in total. The van der Waals surface area contributed by atoms with Gasteiger partial charge in [0, 0.05) is 11.3 Å². The van der Waals surface area contributed by atoms with Crippen molar-refractivity contribution in [3.05, 3.63) is 29.8 Å². The predicted molar refractivity (Wildman–Crippen MR) is 68.8 cm³/mol. The number of carbonyl (C=O) groups excluding carboxylic acids is 2. The topological polar surface area (TPSA) is 98.2 Å². The standard InChI is InChI=1S/C11H15N3O2.ClH/c1-11(2,10(13)16)14-9(15)7-3-5-8(12)6-4-7;/h3-6H,12H2,1-2H3,(H2,13,16)(H,14,15);1H. The van der Waals surface area contributed by atoms with Gasteiger partial charge in [0.1, 0.15) is 5.54 Å². The van der Waals surface area contributed by atoms with Crippen LogP contribution >= 0.6 is 12.4 Å². The van der Waals surface area contributed by atoms with Gasteiger partial charge < -0.3 is 16.8 Å². The molecule has 0 spiro atoms. The van der Waals surface area contributed by atoms with Crippen LogP contribution in [-0.4, -0.2) is 17.4 Å². The Morgan fingerprint density at radius 3 is 2.06 bits per heavy atom. The summed E-state index contributed by atoms with van der Waals surface area (Å²) < 4.78 is 0. The molecule has 0 saturated carbocycles. The van der Waals surface area contributed by atoms with E-state index in [1.807, 2.05) is 0 Å². The lowest BCUT2D eigenvalue weighted by Crippen LogP contribution is -2.52. The minimum absolute atomic E-state index is 0. The molecule has 1 aromatic carbocycles. The number of hydrogen-bond donors (Lipinski definition) is 3. The normalized spacial score (nSPS) is 10.2. The number of rotatable bonds is 3. The molecule has 0 aliphatic rings. The van der Waals surface area contributed by atoms with Crippen LogP contribution in [0.3, 0.4) is 0 Å². The first kappa shape index (κ1) is 15.2. The summed E-state index contributed by atoms with van der Waals surface area (Å²) in [7, 11) is 0. The van der Waals surface area contributed by atoms with Crippen molar-refractivity contribution in [3.8, 4) is 0 Å². The zero-order chi connectivity index (χ0) is 12.3. The molecule has 2 amide bonds. The molecule has 0 saturated heterocycles. The third-order valence-electron chi connectivity index (χ3n) is 2.21. The van der Waals surface area contributed by atoms with Crippen molar-refractivity contribution in [2.75, 3.05) is 5.73 Å². The molecular weight excluding hydrogens is 242 g/mol. The molecule has 0 bridgehead atoms. The fourth-order valence-corrected chi connectivity index (χ4v) is 1.05.